The molecule has 1 aromatic rings. The minimum atomic E-state index is -3.63. The Morgan fingerprint density at radius 2 is 2.07 bits per heavy atom. The fraction of sp³-hybridized carbons (Fsp3) is 0.611. The number of unbranched alkanes of at least 4 members (excludes halogenated alkanes) is 3. The molecule has 2 amide bonds. The fourth-order valence-corrected chi connectivity index (χ4v) is 7.06. The molecular formula is C18H29ClN3O5PS. The second-order valence-electron chi connectivity index (χ2n) is 6.24. The molecule has 0 aromatic heterocycles. The summed E-state index contributed by atoms with van der Waals surface area (Å²) in [6.45, 7) is 2.11. The number of nitrogens with zero attached hydrogens (tertiary/aromatic N) is 2. The minimum Gasteiger partial charge on any atom is -0.336 e. The zero-order valence-corrected chi connectivity index (χ0v) is 19.5. The predicted molar refractivity (Wildman–Crippen MR) is 120 cm³/mol. The zero-order chi connectivity index (χ0) is 21.9. The van der Waals surface area contributed by atoms with Crippen LogP contribution in [0.15, 0.2) is 18.2 Å². The van der Waals surface area contributed by atoms with Crippen molar-refractivity contribution in [2.24, 2.45) is 0 Å². The van der Waals surface area contributed by atoms with Crippen molar-refractivity contribution in [1.29, 1.82) is 0 Å². The van der Waals surface area contributed by atoms with E-state index in [4.69, 9.17) is 16.1 Å². The summed E-state index contributed by atoms with van der Waals surface area (Å²) in [5.74, 6) is 0.768. The normalized spacial score (nSPS) is 13.0. The Morgan fingerprint density at radius 3 is 2.62 bits per heavy atom. The first-order valence-corrected chi connectivity index (χ1v) is 13.3. The number of carbonyl (C=O) groups excluding carboxylic acids is 1. The molecule has 8 nitrogen and oxygen atoms in total. The van der Waals surface area contributed by atoms with Crippen LogP contribution >= 0.6 is 29.7 Å². The largest absolute Gasteiger partial charge is 0.361 e. The lowest BCUT2D eigenvalue weighted by Gasteiger charge is -2.30. The summed E-state index contributed by atoms with van der Waals surface area (Å²) in [5, 5.41) is 13.7. The van der Waals surface area contributed by atoms with Crippen molar-refractivity contribution < 1.29 is 18.8 Å². The molecule has 1 N–H and O–H groups in total. The number of alkyl halides is 1. The van der Waals surface area contributed by atoms with Gasteiger partial charge in [0.05, 0.1) is 17.2 Å². The van der Waals surface area contributed by atoms with Crippen molar-refractivity contribution in [2.45, 2.75) is 46.5 Å². The van der Waals surface area contributed by atoms with Crippen molar-refractivity contribution >= 4 is 47.1 Å². The highest BCUT2D eigenvalue weighted by Crippen LogP contribution is 2.64. The van der Waals surface area contributed by atoms with Gasteiger partial charge in [0, 0.05) is 29.8 Å². The lowest BCUT2D eigenvalue weighted by atomic mass is 10.2. The highest BCUT2D eigenvalue weighted by molar-refractivity contribution is 8.57. The average Bonchev–Trinajstić information content (AvgIpc) is 2.66. The van der Waals surface area contributed by atoms with Gasteiger partial charge in [0.1, 0.15) is 0 Å². The zero-order valence-electron chi connectivity index (χ0n) is 17.1. The van der Waals surface area contributed by atoms with Gasteiger partial charge in [-0.1, -0.05) is 26.2 Å². The van der Waals surface area contributed by atoms with E-state index in [1.165, 1.54) is 18.2 Å². The van der Waals surface area contributed by atoms with Gasteiger partial charge in [0.2, 0.25) is 0 Å². The molecule has 0 saturated carbocycles. The Labute approximate surface area is 181 Å². The lowest BCUT2D eigenvalue weighted by molar-refractivity contribution is -0.385. The van der Waals surface area contributed by atoms with Gasteiger partial charge >= 0.3 is 12.8 Å². The molecule has 1 rings (SSSR count). The SMILES string of the molecule is CCCCCCSP(=O)(OCC)N(C(=O)NCCCl)c1ccc([N+](=O)[O-])c(C)c1. The molecule has 1 atom stereocenters. The van der Waals surface area contributed by atoms with E-state index in [1.807, 2.05) is 0 Å². The third kappa shape index (κ3) is 7.81. The van der Waals surface area contributed by atoms with Crippen molar-refractivity contribution in [1.82, 2.24) is 5.32 Å². The number of nitro groups is 1. The molecule has 0 fully saturated rings. The van der Waals surface area contributed by atoms with E-state index in [0.717, 1.165) is 41.7 Å². The number of nitrogens with one attached hydrogen (secondary N) is 1. The molecular weight excluding hydrogens is 437 g/mol. The van der Waals surface area contributed by atoms with E-state index in [0.29, 0.717) is 11.3 Å². The van der Waals surface area contributed by atoms with Crippen molar-refractivity contribution in [3.63, 3.8) is 0 Å². The topological polar surface area (TPSA) is 102 Å². The number of benzene rings is 1. The maximum atomic E-state index is 13.7. The average molecular weight is 466 g/mol. The Morgan fingerprint density at radius 1 is 1.34 bits per heavy atom. The van der Waals surface area contributed by atoms with Crippen molar-refractivity contribution in [3.05, 3.63) is 33.9 Å². The molecule has 0 aliphatic rings. The quantitative estimate of drug-likeness (QED) is 0.124. The third-order valence-corrected chi connectivity index (χ3v) is 8.78. The first-order chi connectivity index (χ1) is 13.8. The minimum absolute atomic E-state index is 0.0756. The van der Waals surface area contributed by atoms with Gasteiger partial charge in [-0.15, -0.1) is 11.6 Å². The molecule has 0 aliphatic carbocycles. The monoisotopic (exact) mass is 465 g/mol. The van der Waals surface area contributed by atoms with Gasteiger partial charge < -0.3 is 9.84 Å². The predicted octanol–water partition coefficient (Wildman–Crippen LogP) is 6.12. The Hall–Kier alpha value is -1.28. The molecule has 0 spiro atoms. The maximum absolute atomic E-state index is 13.7. The fourth-order valence-electron chi connectivity index (χ4n) is 2.60. The highest BCUT2D eigenvalue weighted by Gasteiger charge is 2.38. The van der Waals surface area contributed by atoms with Crippen LogP contribution in [0, 0.1) is 17.0 Å². The Bertz CT molecular complexity index is 737. The number of nitro benzene ring substituents is 1. The molecule has 164 valence electrons. The second kappa shape index (κ2) is 13.1. The van der Waals surface area contributed by atoms with Gasteiger partial charge in [0.15, 0.2) is 0 Å². The van der Waals surface area contributed by atoms with Gasteiger partial charge in [-0.3, -0.25) is 14.7 Å². The summed E-state index contributed by atoms with van der Waals surface area (Å²) >= 11 is 6.78. The second-order valence-corrected chi connectivity index (χ2v) is 11.0. The third-order valence-electron chi connectivity index (χ3n) is 3.97. The number of hydrogen-bond acceptors (Lipinski definition) is 6. The Balaban J connectivity index is 3.25. The molecule has 0 saturated heterocycles. The van der Waals surface area contributed by atoms with Crippen LogP contribution in [-0.4, -0.2) is 35.7 Å². The van der Waals surface area contributed by atoms with Gasteiger partial charge in [-0.05, 0) is 43.8 Å². The number of urea groups is 1. The molecule has 0 bridgehead atoms. The van der Waals surface area contributed by atoms with E-state index >= 15 is 0 Å². The number of hydrogen-bond donors (Lipinski definition) is 1. The van der Waals surface area contributed by atoms with E-state index in [9.17, 15) is 19.5 Å². The molecule has 1 unspecified atom stereocenters. The number of halogens is 1. The highest BCUT2D eigenvalue weighted by atomic mass is 35.5. The summed E-state index contributed by atoms with van der Waals surface area (Å²) in [6.07, 6.45) is 4.03. The summed E-state index contributed by atoms with van der Waals surface area (Å²) in [7, 11) is 0. The smallest absolute Gasteiger partial charge is 0.336 e. The van der Waals surface area contributed by atoms with Crippen LogP contribution in [0.5, 0.6) is 0 Å². The number of aryl methyl sites for hydroxylation is 1. The van der Waals surface area contributed by atoms with Crippen molar-refractivity contribution in [3.8, 4) is 0 Å². The van der Waals surface area contributed by atoms with Crippen LogP contribution in [-0.2, 0) is 9.09 Å². The summed E-state index contributed by atoms with van der Waals surface area (Å²) in [4.78, 5) is 23.5. The maximum Gasteiger partial charge on any atom is 0.361 e. The lowest BCUT2D eigenvalue weighted by Crippen LogP contribution is -2.38. The molecule has 0 aliphatic heterocycles. The summed E-state index contributed by atoms with van der Waals surface area (Å²) in [6, 6.07) is 3.57. The number of carbonyl (C=O) groups is 1. The number of anilines is 1. The molecule has 11 heteroatoms. The molecule has 0 radical (unpaired) electrons. The van der Waals surface area contributed by atoms with Crippen LogP contribution in [0.25, 0.3) is 0 Å². The summed E-state index contributed by atoms with van der Waals surface area (Å²) in [5.41, 5.74) is 0.560. The first kappa shape index (κ1) is 25.8. The van der Waals surface area contributed by atoms with Crippen LogP contribution < -0.4 is 9.99 Å². The van der Waals surface area contributed by atoms with E-state index in [1.54, 1.807) is 13.8 Å². The molecule has 0 heterocycles. The van der Waals surface area contributed by atoms with Gasteiger partial charge in [0.25, 0.3) is 5.69 Å². The van der Waals surface area contributed by atoms with E-state index < -0.39 is 17.7 Å². The van der Waals surface area contributed by atoms with E-state index in [2.05, 4.69) is 12.2 Å². The molecule has 1 aromatic carbocycles. The molecule has 29 heavy (non-hydrogen) atoms. The van der Waals surface area contributed by atoms with Crippen LogP contribution in [0.4, 0.5) is 16.2 Å². The number of amides is 2. The standard InChI is InChI=1S/C18H29ClN3O5PS/c1-4-6-7-8-13-29-28(26,27-5-2)21(18(23)20-12-11-19)16-9-10-17(22(24)25)15(3)14-16/h9-10,14H,4-8,11-13H2,1-3H3,(H,20,23). The van der Waals surface area contributed by atoms with Crippen LogP contribution in [0.2, 0.25) is 0 Å². The van der Waals surface area contributed by atoms with Crippen LogP contribution in [0.3, 0.4) is 0 Å². The summed E-state index contributed by atoms with van der Waals surface area (Å²) < 4.78 is 20.4. The number of rotatable bonds is 13. The van der Waals surface area contributed by atoms with Gasteiger partial charge in [-0.25, -0.2) is 9.46 Å². The first-order valence-electron chi connectivity index (χ1n) is 9.59. The van der Waals surface area contributed by atoms with E-state index in [-0.39, 0.29) is 30.4 Å². The van der Waals surface area contributed by atoms with Crippen molar-refractivity contribution in [2.75, 3.05) is 29.5 Å². The van der Waals surface area contributed by atoms with Crippen LogP contribution in [0.1, 0.15) is 45.1 Å². The van der Waals surface area contributed by atoms with Gasteiger partial charge in [-0.2, -0.15) is 0 Å². The Kier molecular flexibility index (Phi) is 11.6.